The second kappa shape index (κ2) is 4.30. The molecule has 0 unspecified atom stereocenters. The zero-order valence-corrected chi connectivity index (χ0v) is 10.4. The first-order valence-corrected chi connectivity index (χ1v) is 6.08. The highest BCUT2D eigenvalue weighted by atomic mass is 79.9. The van der Waals surface area contributed by atoms with Crippen LogP contribution in [-0.2, 0) is 0 Å². The van der Waals surface area contributed by atoms with Crippen molar-refractivity contribution >= 4 is 39.1 Å². The molecular weight excluding hydrogens is 287 g/mol. The van der Waals surface area contributed by atoms with Crippen molar-refractivity contribution in [1.82, 2.24) is 0 Å². The highest BCUT2D eigenvalue weighted by Gasteiger charge is 2.29. The van der Waals surface area contributed by atoms with E-state index in [-0.39, 0.29) is 6.10 Å². The third-order valence-electron chi connectivity index (χ3n) is 2.25. The highest BCUT2D eigenvalue weighted by molar-refractivity contribution is 9.09. The van der Waals surface area contributed by atoms with E-state index in [4.69, 9.17) is 27.9 Å². The zero-order chi connectivity index (χ0) is 10.1. The zero-order valence-electron chi connectivity index (χ0n) is 7.34. The van der Waals surface area contributed by atoms with E-state index in [0.717, 1.165) is 12.8 Å². The standard InChI is InChI=1S/C10H9BrCl2O/c11-6-4-7(5-6)14-9-3-1-2-8(12)10(9)13/h1-3,6-7H,4-5H2. The Morgan fingerprint density at radius 2 is 2.00 bits per heavy atom. The third-order valence-corrected chi connectivity index (χ3v) is 3.80. The molecule has 4 heteroatoms. The quantitative estimate of drug-likeness (QED) is 0.739. The minimum Gasteiger partial charge on any atom is -0.489 e. The molecule has 1 saturated carbocycles. The molecule has 0 atom stereocenters. The van der Waals surface area contributed by atoms with Crippen LogP contribution < -0.4 is 4.74 Å². The van der Waals surface area contributed by atoms with E-state index in [2.05, 4.69) is 15.9 Å². The largest absolute Gasteiger partial charge is 0.489 e. The van der Waals surface area contributed by atoms with Crippen molar-refractivity contribution in [3.8, 4) is 5.75 Å². The summed E-state index contributed by atoms with van der Waals surface area (Å²) in [5.74, 6) is 0.684. The first kappa shape index (κ1) is 10.6. The van der Waals surface area contributed by atoms with Crippen LogP contribution >= 0.6 is 39.1 Å². The molecule has 0 bridgehead atoms. The normalized spacial score (nSPS) is 25.6. The van der Waals surface area contributed by atoms with E-state index < -0.39 is 0 Å². The number of rotatable bonds is 2. The van der Waals surface area contributed by atoms with Gasteiger partial charge in [0.05, 0.1) is 5.02 Å². The topological polar surface area (TPSA) is 9.23 Å². The Bertz CT molecular complexity index is 337. The van der Waals surface area contributed by atoms with Gasteiger partial charge in [-0.3, -0.25) is 0 Å². The SMILES string of the molecule is Clc1cccc(OC2CC(Br)C2)c1Cl. The molecule has 1 aliphatic rings. The van der Waals surface area contributed by atoms with Crippen LogP contribution in [0.3, 0.4) is 0 Å². The lowest BCUT2D eigenvalue weighted by atomic mass is 9.96. The molecule has 0 saturated heterocycles. The summed E-state index contributed by atoms with van der Waals surface area (Å²) in [6.45, 7) is 0. The number of benzene rings is 1. The maximum atomic E-state index is 5.99. The van der Waals surface area contributed by atoms with Crippen molar-refractivity contribution in [1.29, 1.82) is 0 Å². The predicted octanol–water partition coefficient (Wildman–Crippen LogP) is 4.30. The van der Waals surface area contributed by atoms with Gasteiger partial charge in [-0.2, -0.15) is 0 Å². The molecule has 0 N–H and O–H groups in total. The molecule has 0 radical (unpaired) electrons. The van der Waals surface area contributed by atoms with Gasteiger partial charge in [0.25, 0.3) is 0 Å². The lowest BCUT2D eigenvalue weighted by Gasteiger charge is -2.31. The highest BCUT2D eigenvalue weighted by Crippen LogP contribution is 2.36. The summed E-state index contributed by atoms with van der Waals surface area (Å²) in [4.78, 5) is 0.588. The minimum absolute atomic E-state index is 0.273. The van der Waals surface area contributed by atoms with Crippen molar-refractivity contribution < 1.29 is 4.74 Å². The Morgan fingerprint density at radius 1 is 1.29 bits per heavy atom. The minimum atomic E-state index is 0.273. The molecule has 1 aromatic rings. The van der Waals surface area contributed by atoms with Gasteiger partial charge in [0.1, 0.15) is 16.9 Å². The molecule has 0 aliphatic heterocycles. The van der Waals surface area contributed by atoms with Crippen LogP contribution in [0, 0.1) is 0 Å². The van der Waals surface area contributed by atoms with Gasteiger partial charge >= 0.3 is 0 Å². The van der Waals surface area contributed by atoms with Crippen molar-refractivity contribution in [2.75, 3.05) is 0 Å². The van der Waals surface area contributed by atoms with Crippen LogP contribution in [0.2, 0.25) is 10.0 Å². The van der Waals surface area contributed by atoms with Crippen LogP contribution in [0.15, 0.2) is 18.2 Å². The lowest BCUT2D eigenvalue weighted by Crippen LogP contribution is -2.34. The van der Waals surface area contributed by atoms with Crippen molar-refractivity contribution in [3.63, 3.8) is 0 Å². The van der Waals surface area contributed by atoms with Gasteiger partial charge in [0.15, 0.2) is 0 Å². The summed E-state index contributed by atoms with van der Waals surface area (Å²) in [6, 6.07) is 5.44. The van der Waals surface area contributed by atoms with E-state index in [9.17, 15) is 0 Å². The second-order valence-electron chi connectivity index (χ2n) is 3.36. The smallest absolute Gasteiger partial charge is 0.139 e. The molecule has 1 aromatic carbocycles. The van der Waals surface area contributed by atoms with E-state index in [1.807, 2.05) is 12.1 Å². The van der Waals surface area contributed by atoms with Crippen LogP contribution in [0.25, 0.3) is 0 Å². The Kier molecular flexibility index (Phi) is 3.25. The molecule has 14 heavy (non-hydrogen) atoms. The summed E-state index contributed by atoms with van der Waals surface area (Å²) in [6.07, 6.45) is 2.33. The number of hydrogen-bond acceptors (Lipinski definition) is 1. The molecule has 0 spiro atoms. The molecule has 0 heterocycles. The second-order valence-corrected chi connectivity index (χ2v) is 5.44. The third kappa shape index (κ3) is 2.18. The Labute approximate surface area is 101 Å². The Balaban J connectivity index is 2.06. The van der Waals surface area contributed by atoms with Gasteiger partial charge < -0.3 is 4.74 Å². The molecule has 2 rings (SSSR count). The van der Waals surface area contributed by atoms with Crippen LogP contribution in [-0.4, -0.2) is 10.9 Å². The summed E-state index contributed by atoms with van der Waals surface area (Å²) >= 11 is 15.4. The average Bonchev–Trinajstić information content (AvgIpc) is 2.10. The first-order chi connectivity index (χ1) is 6.66. The summed E-state index contributed by atoms with van der Waals surface area (Å²) < 4.78 is 5.69. The van der Waals surface area contributed by atoms with Crippen molar-refractivity contribution in [2.45, 2.75) is 23.8 Å². The number of ether oxygens (including phenoxy) is 1. The first-order valence-electron chi connectivity index (χ1n) is 4.41. The average molecular weight is 296 g/mol. The molecule has 76 valence electrons. The summed E-state index contributed by atoms with van der Waals surface area (Å²) in [7, 11) is 0. The molecule has 0 aromatic heterocycles. The molecule has 1 fully saturated rings. The van der Waals surface area contributed by atoms with Gasteiger partial charge in [0.2, 0.25) is 0 Å². The Hall–Kier alpha value is 0.0800. The van der Waals surface area contributed by atoms with E-state index in [1.165, 1.54) is 0 Å². The lowest BCUT2D eigenvalue weighted by molar-refractivity contribution is 0.128. The fraction of sp³-hybridized carbons (Fsp3) is 0.400. The molecule has 1 nitrogen and oxygen atoms in total. The fourth-order valence-corrected chi connectivity index (χ4v) is 2.52. The van der Waals surface area contributed by atoms with E-state index in [1.54, 1.807) is 6.07 Å². The molecular formula is C10H9BrCl2O. The van der Waals surface area contributed by atoms with Gasteiger partial charge in [0, 0.05) is 4.83 Å². The Morgan fingerprint density at radius 3 is 2.64 bits per heavy atom. The van der Waals surface area contributed by atoms with Gasteiger partial charge in [-0.15, -0.1) is 0 Å². The maximum Gasteiger partial charge on any atom is 0.139 e. The summed E-state index contributed by atoms with van der Waals surface area (Å²) in [5.41, 5.74) is 0. The maximum absolute atomic E-state index is 5.99. The van der Waals surface area contributed by atoms with Gasteiger partial charge in [-0.25, -0.2) is 0 Å². The van der Waals surface area contributed by atoms with Crippen LogP contribution in [0.5, 0.6) is 5.75 Å². The van der Waals surface area contributed by atoms with Crippen LogP contribution in [0.4, 0.5) is 0 Å². The van der Waals surface area contributed by atoms with Gasteiger partial charge in [-0.1, -0.05) is 45.2 Å². The fourth-order valence-electron chi connectivity index (χ4n) is 1.35. The van der Waals surface area contributed by atoms with Gasteiger partial charge in [-0.05, 0) is 25.0 Å². The number of alkyl halides is 1. The molecule has 0 amide bonds. The predicted molar refractivity (Wildman–Crippen MR) is 62.8 cm³/mol. The number of halogens is 3. The monoisotopic (exact) mass is 294 g/mol. The molecule has 1 aliphatic carbocycles. The van der Waals surface area contributed by atoms with E-state index in [0.29, 0.717) is 20.6 Å². The number of hydrogen-bond donors (Lipinski definition) is 0. The van der Waals surface area contributed by atoms with Crippen molar-refractivity contribution in [2.24, 2.45) is 0 Å². The van der Waals surface area contributed by atoms with Crippen LogP contribution in [0.1, 0.15) is 12.8 Å². The van der Waals surface area contributed by atoms with Crippen molar-refractivity contribution in [3.05, 3.63) is 28.2 Å². The summed E-state index contributed by atoms with van der Waals surface area (Å²) in [5, 5.41) is 1.05. The van der Waals surface area contributed by atoms with E-state index >= 15 is 0 Å².